The summed E-state index contributed by atoms with van der Waals surface area (Å²) >= 11 is -2.19. The van der Waals surface area contributed by atoms with E-state index in [1.807, 2.05) is 0 Å². The molecule has 1 rings (SSSR count). The summed E-state index contributed by atoms with van der Waals surface area (Å²) in [5.74, 6) is 0.115. The van der Waals surface area contributed by atoms with E-state index in [0.717, 1.165) is 6.42 Å². The second-order valence-electron chi connectivity index (χ2n) is 7.75. The molecule has 23 heavy (non-hydrogen) atoms. The molecule has 3 nitrogen and oxygen atoms in total. The first-order chi connectivity index (χ1) is 10.9. The van der Waals surface area contributed by atoms with Gasteiger partial charge in [0.2, 0.25) is 0 Å². The fourth-order valence-electron chi connectivity index (χ4n) is 4.04. The molecule has 1 saturated heterocycles. The van der Waals surface area contributed by atoms with Gasteiger partial charge in [-0.2, -0.15) is 0 Å². The van der Waals surface area contributed by atoms with Gasteiger partial charge in [0.25, 0.3) is 0 Å². The second kappa shape index (κ2) is 10.3. The molecular weight excluding hydrogens is 393 g/mol. The molecule has 0 aromatic carbocycles. The van der Waals surface area contributed by atoms with Crippen molar-refractivity contribution in [2.75, 3.05) is 7.05 Å². The molecule has 4 heteroatoms. The molecular formula is C19H39NO2Sn. The van der Waals surface area contributed by atoms with Gasteiger partial charge >= 0.3 is 148 Å². The summed E-state index contributed by atoms with van der Waals surface area (Å²) in [6, 6.07) is 0. The Hall–Kier alpha value is 0.229. The number of hydrogen-bond donors (Lipinski definition) is 1. The summed E-state index contributed by atoms with van der Waals surface area (Å²) in [6.45, 7) is 6.90. The van der Waals surface area contributed by atoms with Crippen LogP contribution in [0, 0.1) is 0 Å². The minimum atomic E-state index is -2.19. The fraction of sp³-hybridized carbons (Fsp3) is 0.947. The van der Waals surface area contributed by atoms with Crippen LogP contribution >= 0.6 is 0 Å². The number of aliphatic hydroxyl groups is 1. The maximum absolute atomic E-state index is 11.8. The van der Waals surface area contributed by atoms with Crippen LogP contribution in [0.2, 0.25) is 17.7 Å². The van der Waals surface area contributed by atoms with Crippen LogP contribution in [0.3, 0.4) is 0 Å². The topological polar surface area (TPSA) is 40.5 Å². The zero-order valence-corrected chi connectivity index (χ0v) is 18.8. The molecule has 1 N–H and O–H groups in total. The van der Waals surface area contributed by atoms with Crippen molar-refractivity contribution >= 4 is 24.3 Å². The van der Waals surface area contributed by atoms with Gasteiger partial charge in [0, 0.05) is 0 Å². The molecule has 1 atom stereocenters. The molecule has 0 spiro atoms. The Morgan fingerprint density at radius 1 is 1.00 bits per heavy atom. The Bertz CT molecular complexity index is 340. The number of carbonyl (C=O) groups excluding carboxylic acids is 1. The molecule has 0 radical (unpaired) electrons. The Kier molecular flexibility index (Phi) is 9.50. The van der Waals surface area contributed by atoms with Crippen LogP contribution in [0.15, 0.2) is 0 Å². The zero-order valence-electron chi connectivity index (χ0n) is 16.0. The molecule has 1 amide bonds. The Balaban J connectivity index is 2.77. The van der Waals surface area contributed by atoms with Gasteiger partial charge in [-0.05, 0) is 0 Å². The van der Waals surface area contributed by atoms with Crippen molar-refractivity contribution in [2.45, 2.75) is 102 Å². The van der Waals surface area contributed by atoms with Crippen LogP contribution < -0.4 is 0 Å². The first-order valence-corrected chi connectivity index (χ1v) is 18.0. The van der Waals surface area contributed by atoms with E-state index in [0.29, 0.717) is 12.8 Å². The van der Waals surface area contributed by atoms with Crippen molar-refractivity contribution in [3.63, 3.8) is 0 Å². The third-order valence-electron chi connectivity index (χ3n) is 5.98. The van der Waals surface area contributed by atoms with Gasteiger partial charge in [-0.1, -0.05) is 0 Å². The molecule has 1 fully saturated rings. The van der Waals surface area contributed by atoms with Gasteiger partial charge < -0.3 is 0 Å². The molecule has 0 aromatic rings. The van der Waals surface area contributed by atoms with Crippen LogP contribution in [0.1, 0.15) is 78.6 Å². The summed E-state index contributed by atoms with van der Waals surface area (Å²) in [5, 5.41) is 10.9. The number of unbranched alkanes of at least 4 members (excludes halogenated alkanes) is 3. The van der Waals surface area contributed by atoms with Crippen molar-refractivity contribution in [3.8, 4) is 0 Å². The maximum atomic E-state index is 11.8. The van der Waals surface area contributed by atoms with Crippen molar-refractivity contribution in [1.82, 2.24) is 4.90 Å². The van der Waals surface area contributed by atoms with E-state index in [4.69, 9.17) is 0 Å². The third-order valence-corrected chi connectivity index (χ3v) is 21.8. The van der Waals surface area contributed by atoms with E-state index in [9.17, 15) is 9.90 Å². The Labute approximate surface area is 148 Å². The van der Waals surface area contributed by atoms with Crippen LogP contribution in [-0.4, -0.2) is 47.1 Å². The minimum absolute atomic E-state index is 0.115. The Morgan fingerprint density at radius 3 is 1.83 bits per heavy atom. The van der Waals surface area contributed by atoms with Gasteiger partial charge in [-0.15, -0.1) is 0 Å². The summed E-state index contributed by atoms with van der Waals surface area (Å²) in [5.41, 5.74) is -0.843. The monoisotopic (exact) mass is 433 g/mol. The first kappa shape index (κ1) is 21.3. The molecule has 0 saturated carbocycles. The third kappa shape index (κ3) is 6.22. The van der Waals surface area contributed by atoms with Crippen LogP contribution in [0.25, 0.3) is 0 Å². The van der Waals surface area contributed by atoms with Crippen LogP contribution in [0.5, 0.6) is 0 Å². The van der Waals surface area contributed by atoms with Gasteiger partial charge in [0.1, 0.15) is 0 Å². The predicted octanol–water partition coefficient (Wildman–Crippen LogP) is 5.17. The SMILES string of the molecule is CCC[CH2][Sn]([CH2]CCC)([CH2]CCC)[CH2]CC1(O)CCC(=O)N1C. The van der Waals surface area contributed by atoms with Gasteiger partial charge in [-0.25, -0.2) is 0 Å². The van der Waals surface area contributed by atoms with Crippen molar-refractivity contribution < 1.29 is 9.90 Å². The van der Waals surface area contributed by atoms with Gasteiger partial charge in [0.15, 0.2) is 0 Å². The number of carbonyl (C=O) groups is 1. The van der Waals surface area contributed by atoms with Crippen molar-refractivity contribution in [2.24, 2.45) is 0 Å². The summed E-state index contributed by atoms with van der Waals surface area (Å²) in [6.07, 6.45) is 9.99. The average Bonchev–Trinajstić information content (AvgIpc) is 2.82. The molecule has 0 aliphatic carbocycles. The molecule has 1 aliphatic rings. The predicted molar refractivity (Wildman–Crippen MR) is 101 cm³/mol. The fourth-order valence-corrected chi connectivity index (χ4v) is 20.4. The van der Waals surface area contributed by atoms with E-state index in [2.05, 4.69) is 20.8 Å². The average molecular weight is 432 g/mol. The number of rotatable bonds is 12. The van der Waals surface area contributed by atoms with E-state index >= 15 is 0 Å². The number of hydrogen-bond acceptors (Lipinski definition) is 2. The quantitative estimate of drug-likeness (QED) is 0.433. The standard InChI is InChI=1S/C7H12NO2.3C4H9.Sn/c1-3-7(10)5-4-6(9)8(7)2;3*1-3-4-2;/h10H,1,3-5H2,2H3;3*1,3-4H2,2H3;. The normalized spacial score (nSPS) is 22.1. The van der Waals surface area contributed by atoms with Crippen molar-refractivity contribution in [3.05, 3.63) is 0 Å². The van der Waals surface area contributed by atoms with E-state index in [-0.39, 0.29) is 5.91 Å². The summed E-state index contributed by atoms with van der Waals surface area (Å²) in [7, 11) is 1.79. The number of likely N-dealkylation sites (tertiary alicyclic amines) is 1. The van der Waals surface area contributed by atoms with Gasteiger partial charge in [-0.3, -0.25) is 0 Å². The second-order valence-corrected chi connectivity index (χ2v) is 22.0. The molecule has 0 bridgehead atoms. The molecule has 1 unspecified atom stereocenters. The van der Waals surface area contributed by atoms with Gasteiger partial charge in [0.05, 0.1) is 0 Å². The van der Waals surface area contributed by atoms with Crippen LogP contribution in [-0.2, 0) is 4.79 Å². The van der Waals surface area contributed by atoms with Crippen molar-refractivity contribution in [1.29, 1.82) is 0 Å². The van der Waals surface area contributed by atoms with E-state index in [1.165, 1.54) is 56.3 Å². The van der Waals surface area contributed by atoms with Crippen LogP contribution in [0.4, 0.5) is 0 Å². The van der Waals surface area contributed by atoms with E-state index < -0.39 is 24.1 Å². The molecule has 1 heterocycles. The summed E-state index contributed by atoms with van der Waals surface area (Å²) < 4.78 is 5.72. The number of nitrogens with zero attached hydrogens (tertiary/aromatic N) is 1. The summed E-state index contributed by atoms with van der Waals surface area (Å²) in [4.78, 5) is 13.4. The number of amides is 1. The Morgan fingerprint density at radius 2 is 1.48 bits per heavy atom. The van der Waals surface area contributed by atoms with E-state index in [1.54, 1.807) is 11.9 Å². The molecule has 136 valence electrons. The zero-order chi connectivity index (χ0) is 17.3. The molecule has 0 aromatic heterocycles. The first-order valence-electron chi connectivity index (χ1n) is 9.92. The molecule has 1 aliphatic heterocycles.